The van der Waals surface area contributed by atoms with E-state index < -0.39 is 0 Å². The quantitative estimate of drug-likeness (QED) is 0.909. The van der Waals surface area contributed by atoms with Crippen LogP contribution in [0.1, 0.15) is 0 Å². The molecule has 0 unspecified atom stereocenters. The Labute approximate surface area is 107 Å². The van der Waals surface area contributed by atoms with E-state index in [0.717, 1.165) is 0 Å². The molecule has 2 rings (SSSR count). The Morgan fingerprint density at radius 3 is 2.59 bits per heavy atom. The molecule has 0 atom stereocenters. The lowest BCUT2D eigenvalue weighted by Crippen LogP contribution is -1.88. The van der Waals surface area contributed by atoms with Crippen LogP contribution in [0.25, 0.3) is 11.1 Å². The van der Waals surface area contributed by atoms with E-state index in [1.807, 2.05) is 0 Å². The van der Waals surface area contributed by atoms with Gasteiger partial charge in [-0.2, -0.15) is 0 Å². The summed E-state index contributed by atoms with van der Waals surface area (Å²) < 4.78 is 19.4. The first-order valence-electron chi connectivity index (χ1n) is 4.93. The Morgan fingerprint density at radius 2 is 1.94 bits per heavy atom. The van der Waals surface area contributed by atoms with Crippen molar-refractivity contribution < 1.29 is 14.2 Å². The van der Waals surface area contributed by atoms with Gasteiger partial charge in [-0.3, -0.25) is 0 Å². The maximum Gasteiger partial charge on any atom is 0.131 e. The van der Waals surface area contributed by atoms with Crippen LogP contribution >= 0.6 is 15.9 Å². The number of phenols is 1. The molecule has 0 aromatic heterocycles. The summed E-state index contributed by atoms with van der Waals surface area (Å²) in [4.78, 5) is 0. The number of hydrogen-bond acceptors (Lipinski definition) is 2. The molecule has 0 saturated carbocycles. The number of benzene rings is 2. The number of aromatic hydroxyl groups is 1. The van der Waals surface area contributed by atoms with Crippen molar-refractivity contribution in [2.24, 2.45) is 0 Å². The highest BCUT2D eigenvalue weighted by Crippen LogP contribution is 2.31. The molecule has 0 saturated heterocycles. The lowest BCUT2D eigenvalue weighted by atomic mass is 10.0. The van der Waals surface area contributed by atoms with Gasteiger partial charge in [0, 0.05) is 10.0 Å². The molecule has 0 heterocycles. The Balaban J connectivity index is 2.58. The van der Waals surface area contributed by atoms with E-state index in [-0.39, 0.29) is 11.6 Å². The molecule has 0 spiro atoms. The van der Waals surface area contributed by atoms with Crippen molar-refractivity contribution in [2.75, 3.05) is 7.11 Å². The summed E-state index contributed by atoms with van der Waals surface area (Å²) in [5, 5.41) is 9.49. The summed E-state index contributed by atoms with van der Waals surface area (Å²) in [6.07, 6.45) is 0. The first-order valence-corrected chi connectivity index (χ1v) is 5.73. The lowest BCUT2D eigenvalue weighted by Gasteiger charge is -2.07. The first-order chi connectivity index (χ1) is 8.10. The van der Waals surface area contributed by atoms with Gasteiger partial charge in [-0.15, -0.1) is 0 Å². The van der Waals surface area contributed by atoms with Gasteiger partial charge in [0.15, 0.2) is 0 Å². The van der Waals surface area contributed by atoms with Crippen molar-refractivity contribution in [1.29, 1.82) is 0 Å². The largest absolute Gasteiger partial charge is 0.508 e. The van der Waals surface area contributed by atoms with E-state index >= 15 is 0 Å². The molecule has 0 aliphatic heterocycles. The predicted octanol–water partition coefficient (Wildman–Crippen LogP) is 3.97. The molecule has 2 nitrogen and oxygen atoms in total. The van der Waals surface area contributed by atoms with Crippen LogP contribution in [0, 0.1) is 5.82 Å². The summed E-state index contributed by atoms with van der Waals surface area (Å²) in [7, 11) is 1.52. The number of methoxy groups -OCH3 is 1. The topological polar surface area (TPSA) is 29.5 Å². The van der Waals surface area contributed by atoms with Crippen LogP contribution in [0.3, 0.4) is 0 Å². The Bertz CT molecular complexity index is 535. The zero-order valence-electron chi connectivity index (χ0n) is 9.08. The van der Waals surface area contributed by atoms with Crippen molar-refractivity contribution in [1.82, 2.24) is 0 Å². The predicted molar refractivity (Wildman–Crippen MR) is 67.8 cm³/mol. The fourth-order valence-electron chi connectivity index (χ4n) is 1.58. The van der Waals surface area contributed by atoms with E-state index in [0.29, 0.717) is 21.3 Å². The Hall–Kier alpha value is -1.55. The monoisotopic (exact) mass is 296 g/mol. The molecule has 17 heavy (non-hydrogen) atoms. The molecule has 0 aliphatic rings. The molecule has 0 aliphatic carbocycles. The molecule has 0 amide bonds. The van der Waals surface area contributed by atoms with Gasteiger partial charge in [-0.25, -0.2) is 4.39 Å². The third kappa shape index (κ3) is 2.58. The second-order valence-corrected chi connectivity index (χ2v) is 4.46. The molecular formula is C13H10BrFO2. The van der Waals surface area contributed by atoms with Gasteiger partial charge in [-0.05, 0) is 42.0 Å². The number of halogens is 2. The minimum atomic E-state index is -0.358. The SMILES string of the molecule is COc1ccc(F)c(-c2cc(O)cc(Br)c2)c1. The molecule has 0 fully saturated rings. The molecule has 0 bridgehead atoms. The van der Waals surface area contributed by atoms with Crippen molar-refractivity contribution >= 4 is 15.9 Å². The van der Waals surface area contributed by atoms with E-state index in [9.17, 15) is 9.50 Å². The van der Waals surface area contributed by atoms with Crippen molar-refractivity contribution in [3.63, 3.8) is 0 Å². The van der Waals surface area contributed by atoms with Crippen LogP contribution in [0.15, 0.2) is 40.9 Å². The fourth-order valence-corrected chi connectivity index (χ4v) is 2.06. The second kappa shape index (κ2) is 4.75. The van der Waals surface area contributed by atoms with Gasteiger partial charge in [0.25, 0.3) is 0 Å². The zero-order chi connectivity index (χ0) is 12.4. The Kier molecular flexibility index (Phi) is 3.33. The summed E-state index contributed by atoms with van der Waals surface area (Å²) in [6.45, 7) is 0. The van der Waals surface area contributed by atoms with Gasteiger partial charge in [0.05, 0.1) is 7.11 Å². The van der Waals surface area contributed by atoms with E-state index in [1.54, 1.807) is 24.3 Å². The average molecular weight is 297 g/mol. The molecule has 88 valence electrons. The van der Waals surface area contributed by atoms with Gasteiger partial charge in [0.2, 0.25) is 0 Å². The molecular weight excluding hydrogens is 287 g/mol. The van der Waals surface area contributed by atoms with Gasteiger partial charge < -0.3 is 9.84 Å². The summed E-state index contributed by atoms with van der Waals surface area (Å²) in [5.41, 5.74) is 0.981. The second-order valence-electron chi connectivity index (χ2n) is 3.54. The van der Waals surface area contributed by atoms with Crippen LogP contribution in [-0.4, -0.2) is 12.2 Å². The molecule has 1 N–H and O–H groups in total. The fraction of sp³-hybridized carbons (Fsp3) is 0.0769. The van der Waals surface area contributed by atoms with Crippen LogP contribution in [0.2, 0.25) is 0 Å². The number of hydrogen-bond donors (Lipinski definition) is 1. The summed E-state index contributed by atoms with van der Waals surface area (Å²) in [5.74, 6) is 0.292. The smallest absolute Gasteiger partial charge is 0.131 e. The van der Waals surface area contributed by atoms with Crippen LogP contribution in [0.5, 0.6) is 11.5 Å². The van der Waals surface area contributed by atoms with Gasteiger partial charge in [-0.1, -0.05) is 15.9 Å². The highest BCUT2D eigenvalue weighted by molar-refractivity contribution is 9.10. The standard InChI is InChI=1S/C13H10BrFO2/c1-17-11-2-3-13(15)12(7-11)8-4-9(14)6-10(16)5-8/h2-7,16H,1H3. The number of phenolic OH excluding ortho intramolecular Hbond substituents is 1. The highest BCUT2D eigenvalue weighted by atomic mass is 79.9. The van der Waals surface area contributed by atoms with Gasteiger partial charge >= 0.3 is 0 Å². The van der Waals surface area contributed by atoms with E-state index in [4.69, 9.17) is 4.74 Å². The third-order valence-corrected chi connectivity index (χ3v) is 2.82. The number of rotatable bonds is 2. The van der Waals surface area contributed by atoms with Crippen LogP contribution in [-0.2, 0) is 0 Å². The molecule has 2 aromatic carbocycles. The van der Waals surface area contributed by atoms with Crippen LogP contribution in [0.4, 0.5) is 4.39 Å². The van der Waals surface area contributed by atoms with Crippen molar-refractivity contribution in [3.05, 3.63) is 46.7 Å². The van der Waals surface area contributed by atoms with E-state index in [1.165, 1.54) is 19.2 Å². The molecule has 2 aromatic rings. The van der Waals surface area contributed by atoms with E-state index in [2.05, 4.69) is 15.9 Å². The van der Waals surface area contributed by atoms with Crippen molar-refractivity contribution in [2.45, 2.75) is 0 Å². The maximum absolute atomic E-state index is 13.7. The first kappa shape index (κ1) is 11.9. The molecule has 4 heteroatoms. The maximum atomic E-state index is 13.7. The zero-order valence-corrected chi connectivity index (χ0v) is 10.7. The Morgan fingerprint density at radius 1 is 1.18 bits per heavy atom. The number of ether oxygens (including phenoxy) is 1. The lowest BCUT2D eigenvalue weighted by molar-refractivity contribution is 0.414. The highest BCUT2D eigenvalue weighted by Gasteiger charge is 2.08. The molecule has 0 radical (unpaired) electrons. The summed E-state index contributed by atoms with van der Waals surface area (Å²) in [6, 6.07) is 9.26. The average Bonchev–Trinajstić information content (AvgIpc) is 2.28. The minimum absolute atomic E-state index is 0.0802. The van der Waals surface area contributed by atoms with Gasteiger partial charge in [0.1, 0.15) is 17.3 Å². The minimum Gasteiger partial charge on any atom is -0.508 e. The normalized spacial score (nSPS) is 10.3. The summed E-state index contributed by atoms with van der Waals surface area (Å²) >= 11 is 3.26. The van der Waals surface area contributed by atoms with Crippen LogP contribution < -0.4 is 4.74 Å². The van der Waals surface area contributed by atoms with Crippen molar-refractivity contribution in [3.8, 4) is 22.6 Å². The third-order valence-electron chi connectivity index (χ3n) is 2.37.